The fourth-order valence-electron chi connectivity index (χ4n) is 4.51. The van der Waals surface area contributed by atoms with Crippen molar-refractivity contribution < 1.29 is 21.8 Å². The number of nitrogens with zero attached hydrogens (tertiary/aromatic N) is 2. The molecule has 3 aliphatic rings. The zero-order chi connectivity index (χ0) is 15.4. The molecule has 4 nitrogen and oxygen atoms in total. The minimum atomic E-state index is 0. The molecule has 1 aromatic heterocycles. The molecule has 0 unspecified atom stereocenters. The van der Waals surface area contributed by atoms with Gasteiger partial charge in [-0.25, -0.2) is 9.13 Å². The Morgan fingerprint density at radius 3 is 2.64 bits per heavy atom. The number of amides is 1. The predicted molar refractivity (Wildman–Crippen MR) is 81.4 cm³/mol. The molecule has 1 aromatic rings. The molecule has 1 amide bonds. The first-order valence-corrected chi connectivity index (χ1v) is 8.11. The summed E-state index contributed by atoms with van der Waals surface area (Å²) in [5.41, 5.74) is 0.478. The zero-order valence-electron chi connectivity index (χ0n) is 14.3. The van der Waals surface area contributed by atoms with E-state index in [-0.39, 0.29) is 18.3 Å². The Morgan fingerprint density at radius 1 is 1.45 bits per heavy atom. The van der Waals surface area contributed by atoms with Gasteiger partial charge in [0.05, 0.1) is 7.05 Å². The Morgan fingerprint density at radius 2 is 2.14 bits per heavy atom. The molecule has 3 fully saturated rings. The number of imidazole rings is 1. The first-order valence-electron chi connectivity index (χ1n) is 8.11. The first kappa shape index (κ1) is 17.3. The Kier molecular flexibility index (Phi) is 4.63. The molecule has 1 heterocycles. The molecule has 4 rings (SSSR count). The number of hydrogen-bond donors (Lipinski definition) is 1. The van der Waals surface area contributed by atoms with E-state index >= 15 is 0 Å². The number of halogens is 1. The van der Waals surface area contributed by atoms with Gasteiger partial charge in [-0.15, -0.1) is 0 Å². The van der Waals surface area contributed by atoms with Crippen LogP contribution in [0.1, 0.15) is 39.4 Å². The van der Waals surface area contributed by atoms with Gasteiger partial charge in [0.2, 0.25) is 0 Å². The van der Waals surface area contributed by atoms with Crippen LogP contribution in [0, 0.1) is 30.1 Å². The standard InChI is InChI=1S/C17H27N3O.ClH/c1-11-14-8-13(17(14,3)4)9-15(11)18-16(21)10-20-7-6-19(5)12(20)2;/h6-7,11,13-15H,8-10H2,1-5H3;1H/t11-,13+,14-,15-;/m1./s1. The topological polar surface area (TPSA) is 37.9 Å². The molecule has 3 aliphatic carbocycles. The molecule has 1 N–H and O–H groups in total. The SMILES string of the molecule is Cc1n(C)cc[n+]1CC(=O)N[C@@H]1C[C@@H]2C[C@H]([C@H]1C)C2(C)C.[Cl-]. The average Bonchev–Trinajstić information content (AvgIpc) is 2.72. The highest BCUT2D eigenvalue weighted by Crippen LogP contribution is 2.61. The number of aryl methyl sites for hydroxylation is 1. The maximum atomic E-state index is 12.3. The van der Waals surface area contributed by atoms with E-state index in [9.17, 15) is 4.79 Å². The van der Waals surface area contributed by atoms with Crippen molar-refractivity contribution in [3.8, 4) is 0 Å². The van der Waals surface area contributed by atoms with Gasteiger partial charge in [0.15, 0.2) is 6.54 Å². The molecular weight excluding hydrogens is 298 g/mol. The third-order valence-electron chi connectivity index (χ3n) is 6.41. The highest BCUT2D eigenvalue weighted by molar-refractivity contribution is 5.74. The van der Waals surface area contributed by atoms with Crippen LogP contribution in [0.3, 0.4) is 0 Å². The van der Waals surface area contributed by atoms with Gasteiger partial charge < -0.3 is 17.7 Å². The molecule has 0 aliphatic heterocycles. The number of hydrogen-bond acceptors (Lipinski definition) is 1. The van der Waals surface area contributed by atoms with Gasteiger partial charge in [-0.1, -0.05) is 20.8 Å². The van der Waals surface area contributed by atoms with Gasteiger partial charge in [0, 0.05) is 13.0 Å². The van der Waals surface area contributed by atoms with Crippen LogP contribution in [0.15, 0.2) is 12.4 Å². The van der Waals surface area contributed by atoms with Gasteiger partial charge in [-0.2, -0.15) is 0 Å². The van der Waals surface area contributed by atoms with Crippen molar-refractivity contribution in [2.75, 3.05) is 0 Å². The molecule has 5 heteroatoms. The summed E-state index contributed by atoms with van der Waals surface area (Å²) in [5.74, 6) is 3.40. The van der Waals surface area contributed by atoms with E-state index in [2.05, 4.69) is 26.1 Å². The van der Waals surface area contributed by atoms with Crippen molar-refractivity contribution >= 4 is 5.91 Å². The number of rotatable bonds is 3. The Balaban J connectivity index is 0.00000176. The van der Waals surface area contributed by atoms with E-state index in [1.165, 1.54) is 6.42 Å². The molecule has 3 saturated carbocycles. The van der Waals surface area contributed by atoms with Crippen LogP contribution < -0.4 is 22.3 Å². The Labute approximate surface area is 139 Å². The quantitative estimate of drug-likeness (QED) is 0.698. The fraction of sp³-hybridized carbons (Fsp3) is 0.765. The number of fused-ring (bicyclic) bond motifs is 2. The third-order valence-corrected chi connectivity index (χ3v) is 6.41. The van der Waals surface area contributed by atoms with E-state index in [1.807, 2.05) is 35.5 Å². The summed E-state index contributed by atoms with van der Waals surface area (Å²) < 4.78 is 4.04. The minimum absolute atomic E-state index is 0. The second-order valence-corrected chi connectivity index (χ2v) is 7.71. The highest BCUT2D eigenvalue weighted by Gasteiger charge is 2.56. The first-order chi connectivity index (χ1) is 9.80. The van der Waals surface area contributed by atoms with Gasteiger partial charge in [0.25, 0.3) is 11.7 Å². The number of nitrogens with one attached hydrogen (secondary N) is 1. The van der Waals surface area contributed by atoms with Crippen molar-refractivity contribution in [1.29, 1.82) is 0 Å². The summed E-state index contributed by atoms with van der Waals surface area (Å²) in [7, 11) is 2.00. The normalized spacial score (nSPS) is 31.9. The average molecular weight is 326 g/mol. The molecule has 22 heavy (non-hydrogen) atoms. The number of aromatic nitrogens is 2. The smallest absolute Gasteiger partial charge is 0.262 e. The molecule has 0 saturated heterocycles. The van der Waals surface area contributed by atoms with Crippen molar-refractivity contribution in [3.63, 3.8) is 0 Å². The summed E-state index contributed by atoms with van der Waals surface area (Å²) in [5, 5.41) is 3.28. The van der Waals surface area contributed by atoms with Crippen LogP contribution >= 0.6 is 0 Å². The summed E-state index contributed by atoms with van der Waals surface area (Å²) in [6.45, 7) is 9.56. The van der Waals surface area contributed by atoms with Crippen molar-refractivity contribution in [2.24, 2.45) is 30.2 Å². The van der Waals surface area contributed by atoms with Gasteiger partial charge >= 0.3 is 0 Å². The van der Waals surface area contributed by atoms with E-state index < -0.39 is 0 Å². The zero-order valence-corrected chi connectivity index (χ0v) is 15.0. The van der Waals surface area contributed by atoms with Gasteiger partial charge in [-0.3, -0.25) is 4.79 Å². The van der Waals surface area contributed by atoms with Crippen molar-refractivity contribution in [3.05, 3.63) is 18.2 Å². The predicted octanol–water partition coefficient (Wildman–Crippen LogP) is -1.19. The van der Waals surface area contributed by atoms with E-state index in [0.29, 0.717) is 23.9 Å². The largest absolute Gasteiger partial charge is 1.00 e. The molecule has 4 atom stereocenters. The lowest BCUT2D eigenvalue weighted by Crippen LogP contribution is -3.00. The van der Waals surface area contributed by atoms with Crippen LogP contribution in [0.4, 0.5) is 0 Å². The Bertz CT molecular complexity index is 566. The molecule has 0 spiro atoms. The molecule has 0 radical (unpaired) electrons. The summed E-state index contributed by atoms with van der Waals surface area (Å²) >= 11 is 0. The second-order valence-electron chi connectivity index (χ2n) is 7.71. The number of carbonyl (C=O) groups excluding carboxylic acids is 1. The maximum Gasteiger partial charge on any atom is 0.262 e. The molecule has 124 valence electrons. The van der Waals surface area contributed by atoms with Gasteiger partial charge in [0.1, 0.15) is 12.4 Å². The van der Waals surface area contributed by atoms with E-state index in [1.54, 1.807) is 0 Å². The van der Waals surface area contributed by atoms with E-state index in [0.717, 1.165) is 24.1 Å². The van der Waals surface area contributed by atoms with Crippen molar-refractivity contribution in [1.82, 2.24) is 9.88 Å². The summed E-state index contributed by atoms with van der Waals surface area (Å²) in [6.07, 6.45) is 6.46. The van der Waals surface area contributed by atoms with Crippen LogP contribution in [-0.2, 0) is 18.4 Å². The lowest BCUT2D eigenvalue weighted by Gasteiger charge is -2.62. The molecule has 0 aromatic carbocycles. The highest BCUT2D eigenvalue weighted by atomic mass is 35.5. The lowest BCUT2D eigenvalue weighted by molar-refractivity contribution is -0.690. The summed E-state index contributed by atoms with van der Waals surface area (Å²) in [6, 6.07) is 0.360. The van der Waals surface area contributed by atoms with E-state index in [4.69, 9.17) is 0 Å². The minimum Gasteiger partial charge on any atom is -1.00 e. The molecule has 2 bridgehead atoms. The lowest BCUT2D eigenvalue weighted by atomic mass is 9.45. The van der Waals surface area contributed by atoms with Crippen LogP contribution in [0.25, 0.3) is 0 Å². The second kappa shape index (κ2) is 5.88. The van der Waals surface area contributed by atoms with Gasteiger partial charge in [-0.05, 0) is 36.0 Å². The summed E-state index contributed by atoms with van der Waals surface area (Å²) in [4.78, 5) is 12.3. The Hall–Kier alpha value is -1.03. The van der Waals surface area contributed by atoms with Crippen LogP contribution in [0.2, 0.25) is 0 Å². The van der Waals surface area contributed by atoms with Crippen molar-refractivity contribution in [2.45, 2.75) is 53.1 Å². The van der Waals surface area contributed by atoms with Crippen LogP contribution in [0.5, 0.6) is 0 Å². The maximum absolute atomic E-state index is 12.3. The number of carbonyl (C=O) groups is 1. The fourth-order valence-corrected chi connectivity index (χ4v) is 4.51. The third kappa shape index (κ3) is 2.66. The van der Waals surface area contributed by atoms with Crippen LogP contribution in [-0.4, -0.2) is 16.5 Å². The molecular formula is C17H28ClN3O. The monoisotopic (exact) mass is 325 g/mol.